The number of rotatable bonds is 4. The first-order valence-electron chi connectivity index (χ1n) is 9.71. The van der Waals surface area contributed by atoms with Crippen molar-refractivity contribution < 1.29 is 14.1 Å². The number of carbonyl (C=O) groups excluding carboxylic acids is 1. The highest BCUT2D eigenvalue weighted by molar-refractivity contribution is 5.94. The van der Waals surface area contributed by atoms with Gasteiger partial charge in [-0.25, -0.2) is 0 Å². The Bertz CT molecular complexity index is 845. The molecule has 6 heteroatoms. The number of fused-ring (bicyclic) bond motifs is 1. The van der Waals surface area contributed by atoms with Gasteiger partial charge in [0.05, 0.1) is 5.56 Å². The average Bonchev–Trinajstić information content (AvgIpc) is 3.26. The smallest absolute Gasteiger partial charge is 0.276 e. The molecule has 0 N–H and O–H groups in total. The summed E-state index contributed by atoms with van der Waals surface area (Å²) in [6.07, 6.45) is 2.40. The molecule has 144 valence electrons. The Morgan fingerprint density at radius 3 is 2.93 bits per heavy atom. The lowest BCUT2D eigenvalue weighted by Crippen LogP contribution is -2.52. The number of hydrogen-bond acceptors (Lipinski definition) is 5. The first-order chi connectivity index (χ1) is 13.0. The second-order valence-corrected chi connectivity index (χ2v) is 7.71. The molecule has 27 heavy (non-hydrogen) atoms. The summed E-state index contributed by atoms with van der Waals surface area (Å²) in [4.78, 5) is 17.5. The van der Waals surface area contributed by atoms with Crippen molar-refractivity contribution in [3.05, 3.63) is 46.3 Å². The fourth-order valence-electron chi connectivity index (χ4n) is 4.17. The van der Waals surface area contributed by atoms with Crippen molar-refractivity contribution in [1.29, 1.82) is 0 Å². The molecular formula is C21H27N3O3. The van der Waals surface area contributed by atoms with Gasteiger partial charge in [0.1, 0.15) is 18.1 Å². The molecule has 2 fully saturated rings. The lowest BCUT2D eigenvalue weighted by Gasteiger charge is -2.37. The van der Waals surface area contributed by atoms with Crippen LogP contribution >= 0.6 is 0 Å². The Kier molecular flexibility index (Phi) is 4.91. The van der Waals surface area contributed by atoms with Gasteiger partial charge in [0.25, 0.3) is 5.91 Å². The molecule has 0 spiro atoms. The summed E-state index contributed by atoms with van der Waals surface area (Å²) < 4.78 is 11.3. The summed E-state index contributed by atoms with van der Waals surface area (Å²) in [6, 6.07) is 6.57. The van der Waals surface area contributed by atoms with E-state index in [-0.39, 0.29) is 12.5 Å². The number of benzene rings is 1. The fraction of sp³-hybridized carbons (Fsp3) is 0.524. The molecule has 0 bridgehead atoms. The van der Waals surface area contributed by atoms with Gasteiger partial charge in [0.2, 0.25) is 0 Å². The number of piperazine rings is 1. The van der Waals surface area contributed by atoms with Crippen LogP contribution in [0.4, 0.5) is 0 Å². The number of amides is 1. The van der Waals surface area contributed by atoms with Crippen LogP contribution < -0.4 is 4.74 Å². The topological polar surface area (TPSA) is 58.8 Å². The van der Waals surface area contributed by atoms with Gasteiger partial charge >= 0.3 is 0 Å². The fourth-order valence-corrected chi connectivity index (χ4v) is 4.17. The van der Waals surface area contributed by atoms with Gasteiger partial charge in [-0.15, -0.1) is 0 Å². The van der Waals surface area contributed by atoms with E-state index in [0.29, 0.717) is 17.5 Å². The third-order valence-electron chi connectivity index (χ3n) is 5.76. The quantitative estimate of drug-likeness (QED) is 0.829. The predicted molar refractivity (Wildman–Crippen MR) is 102 cm³/mol. The molecule has 1 amide bonds. The molecule has 1 aromatic carbocycles. The Morgan fingerprint density at radius 2 is 2.11 bits per heavy atom. The van der Waals surface area contributed by atoms with Gasteiger partial charge in [-0.2, -0.15) is 0 Å². The number of hydrogen-bond donors (Lipinski definition) is 0. The minimum Gasteiger partial charge on any atom is -0.488 e. The van der Waals surface area contributed by atoms with Crippen LogP contribution in [0.1, 0.15) is 45.8 Å². The monoisotopic (exact) mass is 369 g/mol. The van der Waals surface area contributed by atoms with E-state index in [0.717, 1.165) is 43.1 Å². The van der Waals surface area contributed by atoms with E-state index < -0.39 is 0 Å². The van der Waals surface area contributed by atoms with Crippen LogP contribution in [0, 0.1) is 20.8 Å². The molecule has 1 aromatic heterocycles. The molecule has 2 aliphatic rings. The van der Waals surface area contributed by atoms with E-state index in [2.05, 4.69) is 23.0 Å². The van der Waals surface area contributed by atoms with Gasteiger partial charge in [0.15, 0.2) is 5.69 Å². The first-order valence-corrected chi connectivity index (χ1v) is 9.71. The molecular weight excluding hydrogens is 342 g/mol. The zero-order valence-corrected chi connectivity index (χ0v) is 16.3. The van der Waals surface area contributed by atoms with Crippen molar-refractivity contribution >= 4 is 5.91 Å². The maximum atomic E-state index is 13.1. The van der Waals surface area contributed by atoms with Crippen LogP contribution in [-0.4, -0.2) is 53.1 Å². The third kappa shape index (κ3) is 3.58. The number of nitrogens with zero attached hydrogens (tertiary/aromatic N) is 3. The van der Waals surface area contributed by atoms with Gasteiger partial charge in [-0.3, -0.25) is 9.69 Å². The summed E-state index contributed by atoms with van der Waals surface area (Å²) in [6.45, 7) is 9.83. The van der Waals surface area contributed by atoms with E-state index in [1.807, 2.05) is 30.9 Å². The normalized spacial score (nSPS) is 20.0. The van der Waals surface area contributed by atoms with E-state index in [4.69, 9.17) is 9.26 Å². The summed E-state index contributed by atoms with van der Waals surface area (Å²) in [7, 11) is 0. The van der Waals surface area contributed by atoms with Gasteiger partial charge in [-0.05, 0) is 51.8 Å². The van der Waals surface area contributed by atoms with Crippen molar-refractivity contribution in [1.82, 2.24) is 15.0 Å². The number of aryl methyl sites for hydroxylation is 3. The molecule has 2 saturated heterocycles. The van der Waals surface area contributed by atoms with E-state index >= 15 is 0 Å². The van der Waals surface area contributed by atoms with Crippen molar-refractivity contribution in [2.75, 3.05) is 26.2 Å². The largest absolute Gasteiger partial charge is 0.488 e. The van der Waals surface area contributed by atoms with Crippen molar-refractivity contribution in [3.8, 4) is 5.75 Å². The maximum Gasteiger partial charge on any atom is 0.276 e. The Hall–Kier alpha value is -2.34. The molecule has 1 atom stereocenters. The molecule has 1 unspecified atom stereocenters. The van der Waals surface area contributed by atoms with E-state index in [9.17, 15) is 4.79 Å². The summed E-state index contributed by atoms with van der Waals surface area (Å²) in [5, 5.41) is 4.07. The van der Waals surface area contributed by atoms with Crippen LogP contribution in [-0.2, 0) is 6.61 Å². The lowest BCUT2D eigenvalue weighted by molar-refractivity contribution is 0.0559. The molecule has 0 saturated carbocycles. The molecule has 3 heterocycles. The SMILES string of the molecule is Cc1ccc(OCc2c(C(=O)N3CCN4CCCC4C3)noc2C)c(C)c1. The number of aromatic nitrogens is 1. The Labute approximate surface area is 160 Å². The second-order valence-electron chi connectivity index (χ2n) is 7.71. The first kappa shape index (κ1) is 18.0. The summed E-state index contributed by atoms with van der Waals surface area (Å²) in [5.74, 6) is 1.42. The van der Waals surface area contributed by atoms with E-state index in [1.54, 1.807) is 0 Å². The zero-order valence-electron chi connectivity index (χ0n) is 16.3. The van der Waals surface area contributed by atoms with Crippen molar-refractivity contribution in [3.63, 3.8) is 0 Å². The minimum atomic E-state index is -0.0439. The van der Waals surface area contributed by atoms with Crippen molar-refractivity contribution in [2.24, 2.45) is 0 Å². The van der Waals surface area contributed by atoms with Crippen LogP contribution in [0.3, 0.4) is 0 Å². The van der Waals surface area contributed by atoms with Crippen LogP contribution in [0.15, 0.2) is 22.7 Å². The van der Waals surface area contributed by atoms with Crippen LogP contribution in [0.5, 0.6) is 5.75 Å². The molecule has 2 aliphatic heterocycles. The summed E-state index contributed by atoms with van der Waals surface area (Å²) >= 11 is 0. The Balaban J connectivity index is 1.48. The van der Waals surface area contributed by atoms with Crippen LogP contribution in [0.2, 0.25) is 0 Å². The molecule has 0 aliphatic carbocycles. The Morgan fingerprint density at radius 1 is 1.26 bits per heavy atom. The molecule has 4 rings (SSSR count). The predicted octanol–water partition coefficient (Wildman–Crippen LogP) is 3.10. The highest BCUT2D eigenvalue weighted by atomic mass is 16.5. The van der Waals surface area contributed by atoms with Gasteiger partial charge < -0.3 is 14.2 Å². The third-order valence-corrected chi connectivity index (χ3v) is 5.76. The lowest BCUT2D eigenvalue weighted by atomic mass is 10.1. The average molecular weight is 369 g/mol. The standard InChI is InChI=1S/C21H27N3O3/c1-14-6-7-19(15(2)11-14)26-13-18-16(3)27-22-20(18)21(25)24-10-9-23-8-4-5-17(23)12-24/h6-7,11,17H,4-5,8-10,12-13H2,1-3H3. The van der Waals surface area contributed by atoms with E-state index in [1.165, 1.54) is 18.4 Å². The van der Waals surface area contributed by atoms with Crippen molar-refractivity contribution in [2.45, 2.75) is 46.3 Å². The molecule has 2 aromatic rings. The zero-order chi connectivity index (χ0) is 19.0. The maximum absolute atomic E-state index is 13.1. The molecule has 6 nitrogen and oxygen atoms in total. The second kappa shape index (κ2) is 7.35. The van der Waals surface area contributed by atoms with Gasteiger partial charge in [0, 0.05) is 25.7 Å². The van der Waals surface area contributed by atoms with Gasteiger partial charge in [-0.1, -0.05) is 22.9 Å². The van der Waals surface area contributed by atoms with Crippen LogP contribution in [0.25, 0.3) is 0 Å². The number of ether oxygens (including phenoxy) is 1. The summed E-state index contributed by atoms with van der Waals surface area (Å²) in [5.41, 5.74) is 3.41. The number of carbonyl (C=O) groups is 1. The minimum absolute atomic E-state index is 0.0439. The molecule has 0 radical (unpaired) electrons. The highest BCUT2D eigenvalue weighted by Gasteiger charge is 2.34. The highest BCUT2D eigenvalue weighted by Crippen LogP contribution is 2.25.